The first kappa shape index (κ1) is 22.8. The minimum absolute atomic E-state index is 0.0559. The van der Waals surface area contributed by atoms with Crippen LogP contribution in [-0.4, -0.2) is 41.3 Å². The summed E-state index contributed by atoms with van der Waals surface area (Å²) in [6.45, 7) is 3.06. The lowest BCUT2D eigenvalue weighted by atomic mass is 10.1. The van der Waals surface area contributed by atoms with Crippen molar-refractivity contribution in [2.45, 2.75) is 36.9 Å². The molecule has 1 aliphatic heterocycles. The van der Waals surface area contributed by atoms with E-state index in [2.05, 4.69) is 22.9 Å². The number of methoxy groups -OCH3 is 1. The summed E-state index contributed by atoms with van der Waals surface area (Å²) in [6.07, 6.45) is 1.32. The first-order valence-corrected chi connectivity index (χ1v) is 11.3. The Morgan fingerprint density at radius 1 is 1.19 bits per heavy atom. The summed E-state index contributed by atoms with van der Waals surface area (Å²) in [6, 6.07) is 14.4. The molecule has 2 aromatic rings. The van der Waals surface area contributed by atoms with Crippen LogP contribution < -0.4 is 20.7 Å². The second kappa shape index (κ2) is 10.9. The highest BCUT2D eigenvalue weighted by Crippen LogP contribution is 2.27. The quantitative estimate of drug-likeness (QED) is 0.477. The molecule has 8 heteroatoms. The molecule has 3 atom stereocenters. The molecule has 4 N–H and O–H groups in total. The Hall–Kier alpha value is -2.87. The number of rotatable bonds is 9. The van der Waals surface area contributed by atoms with E-state index in [0.29, 0.717) is 25.9 Å². The fraction of sp³-hybridized carbons (Fsp3) is 0.391. The number of thioether (sulfide) groups is 1. The van der Waals surface area contributed by atoms with Crippen LogP contribution in [0.1, 0.15) is 24.5 Å². The van der Waals surface area contributed by atoms with E-state index in [1.165, 1.54) is 11.8 Å². The molecule has 0 aliphatic carbocycles. The van der Waals surface area contributed by atoms with Gasteiger partial charge in [0.25, 0.3) is 0 Å². The van der Waals surface area contributed by atoms with Crippen LogP contribution in [0.4, 0.5) is 4.79 Å². The molecule has 3 rings (SSSR count). The van der Waals surface area contributed by atoms with Crippen molar-refractivity contribution in [3.63, 3.8) is 0 Å². The van der Waals surface area contributed by atoms with E-state index in [-0.39, 0.29) is 34.2 Å². The molecule has 0 aromatic heterocycles. The second-order valence-electron chi connectivity index (χ2n) is 7.65. The summed E-state index contributed by atoms with van der Waals surface area (Å²) in [5, 5.41) is 17.8. The maximum atomic E-state index is 13.1. The number of phenols is 1. The molecule has 0 saturated carbocycles. The van der Waals surface area contributed by atoms with Gasteiger partial charge in [-0.2, -0.15) is 0 Å². The monoisotopic (exact) mass is 443 g/mol. The molecule has 31 heavy (non-hydrogen) atoms. The number of carbonyl (C=O) groups excluding carboxylic acids is 2. The van der Waals surface area contributed by atoms with Gasteiger partial charge in [-0.3, -0.25) is 4.79 Å². The van der Waals surface area contributed by atoms with Crippen LogP contribution in [0.5, 0.6) is 11.5 Å². The predicted molar refractivity (Wildman–Crippen MR) is 122 cm³/mol. The zero-order chi connectivity index (χ0) is 22.2. The molecule has 1 aliphatic rings. The van der Waals surface area contributed by atoms with Crippen molar-refractivity contribution >= 4 is 23.7 Å². The lowest BCUT2D eigenvalue weighted by Crippen LogP contribution is -2.53. The molecular weight excluding hydrogens is 414 g/mol. The van der Waals surface area contributed by atoms with Crippen molar-refractivity contribution in [1.29, 1.82) is 0 Å². The van der Waals surface area contributed by atoms with E-state index < -0.39 is 0 Å². The maximum Gasteiger partial charge on any atom is 0.315 e. The molecule has 0 spiro atoms. The van der Waals surface area contributed by atoms with Crippen LogP contribution in [-0.2, 0) is 17.8 Å². The molecule has 3 amide bonds. The van der Waals surface area contributed by atoms with Crippen LogP contribution in [0.25, 0.3) is 0 Å². The van der Waals surface area contributed by atoms with Gasteiger partial charge >= 0.3 is 6.03 Å². The van der Waals surface area contributed by atoms with Crippen LogP contribution in [0.3, 0.4) is 0 Å². The van der Waals surface area contributed by atoms with Gasteiger partial charge in [-0.25, -0.2) is 4.79 Å². The number of benzene rings is 2. The number of nitrogens with one attached hydrogen (secondary N) is 3. The summed E-state index contributed by atoms with van der Waals surface area (Å²) < 4.78 is 5.17. The Kier molecular flexibility index (Phi) is 8.06. The number of hydrogen-bond donors (Lipinski definition) is 4. The predicted octanol–water partition coefficient (Wildman–Crippen LogP) is 3.03. The summed E-state index contributed by atoms with van der Waals surface area (Å²) in [5.41, 5.74) is 2.04. The average molecular weight is 444 g/mol. The molecule has 0 bridgehead atoms. The highest BCUT2D eigenvalue weighted by Gasteiger charge is 2.30. The number of aryl methyl sites for hydroxylation is 1. The smallest absolute Gasteiger partial charge is 0.315 e. The summed E-state index contributed by atoms with van der Waals surface area (Å²) in [7, 11) is 1.62. The Balaban J connectivity index is 1.64. The molecule has 0 radical (unpaired) electrons. The van der Waals surface area contributed by atoms with Crippen LogP contribution in [0.2, 0.25) is 0 Å². The zero-order valence-electron chi connectivity index (χ0n) is 17.8. The van der Waals surface area contributed by atoms with Gasteiger partial charge in [-0.1, -0.05) is 31.2 Å². The third-order valence-corrected chi connectivity index (χ3v) is 6.89. The number of phenolic OH excluding ortho intramolecular Hbond substituents is 1. The molecular formula is C23H29N3O4S. The lowest BCUT2D eigenvalue weighted by molar-refractivity contribution is -0.120. The summed E-state index contributed by atoms with van der Waals surface area (Å²) >= 11 is 1.50. The molecule has 2 aromatic carbocycles. The molecule has 2 unspecified atom stereocenters. The minimum Gasteiger partial charge on any atom is -0.508 e. The van der Waals surface area contributed by atoms with E-state index in [1.54, 1.807) is 19.2 Å². The average Bonchev–Trinajstić information content (AvgIpc) is 2.78. The third-order valence-electron chi connectivity index (χ3n) is 5.24. The Bertz CT molecular complexity index is 873. The molecule has 1 fully saturated rings. The van der Waals surface area contributed by atoms with E-state index in [1.807, 2.05) is 36.4 Å². The van der Waals surface area contributed by atoms with Crippen molar-refractivity contribution in [1.82, 2.24) is 16.0 Å². The van der Waals surface area contributed by atoms with E-state index in [9.17, 15) is 14.7 Å². The lowest BCUT2D eigenvalue weighted by Gasteiger charge is -2.32. The molecule has 1 saturated heterocycles. The van der Waals surface area contributed by atoms with Gasteiger partial charge in [0.2, 0.25) is 5.91 Å². The van der Waals surface area contributed by atoms with Crippen molar-refractivity contribution < 1.29 is 19.4 Å². The third kappa shape index (κ3) is 6.82. The van der Waals surface area contributed by atoms with Gasteiger partial charge in [0.05, 0.1) is 17.7 Å². The number of ether oxygens (including phenoxy) is 1. The van der Waals surface area contributed by atoms with Gasteiger partial charge in [0.1, 0.15) is 11.5 Å². The zero-order valence-corrected chi connectivity index (χ0v) is 18.6. The highest BCUT2D eigenvalue weighted by atomic mass is 32.2. The number of carbonyl (C=O) groups is 2. The Labute approximate surface area is 187 Å². The van der Waals surface area contributed by atoms with E-state index in [4.69, 9.17) is 4.74 Å². The van der Waals surface area contributed by atoms with E-state index >= 15 is 0 Å². The first-order valence-electron chi connectivity index (χ1n) is 10.3. The van der Waals surface area contributed by atoms with Crippen LogP contribution >= 0.6 is 11.8 Å². The SMILES string of the molecule is COc1ccc(CNC(=O)[C@H](CCc2ccc(O)cc2)SC2NC(=O)NCC2C)cc1. The molecule has 1 heterocycles. The molecule has 7 nitrogen and oxygen atoms in total. The van der Waals surface area contributed by atoms with Crippen LogP contribution in [0.15, 0.2) is 48.5 Å². The van der Waals surface area contributed by atoms with Crippen molar-refractivity contribution in [2.75, 3.05) is 13.7 Å². The Morgan fingerprint density at radius 3 is 2.55 bits per heavy atom. The summed E-state index contributed by atoms with van der Waals surface area (Å²) in [4.78, 5) is 24.8. The van der Waals surface area contributed by atoms with Crippen molar-refractivity contribution in [3.05, 3.63) is 59.7 Å². The summed E-state index contributed by atoms with van der Waals surface area (Å²) in [5.74, 6) is 1.14. The van der Waals surface area contributed by atoms with Gasteiger partial charge < -0.3 is 25.8 Å². The fourth-order valence-corrected chi connectivity index (χ4v) is 4.65. The molecule has 166 valence electrons. The number of aromatic hydroxyl groups is 1. The number of urea groups is 1. The van der Waals surface area contributed by atoms with Gasteiger partial charge in [0.15, 0.2) is 0 Å². The van der Waals surface area contributed by atoms with Crippen molar-refractivity contribution in [3.8, 4) is 11.5 Å². The first-order chi connectivity index (χ1) is 14.9. The fourth-order valence-electron chi connectivity index (χ4n) is 3.30. The van der Waals surface area contributed by atoms with Gasteiger partial charge in [-0.15, -0.1) is 11.8 Å². The maximum absolute atomic E-state index is 13.1. The number of hydrogen-bond acceptors (Lipinski definition) is 5. The number of amides is 3. The van der Waals surface area contributed by atoms with Crippen LogP contribution in [0, 0.1) is 5.92 Å². The van der Waals surface area contributed by atoms with Crippen molar-refractivity contribution in [2.24, 2.45) is 5.92 Å². The minimum atomic E-state index is -0.321. The van der Waals surface area contributed by atoms with Gasteiger partial charge in [0, 0.05) is 19.0 Å². The highest BCUT2D eigenvalue weighted by molar-refractivity contribution is 8.01. The normalized spacial score (nSPS) is 19.1. The Morgan fingerprint density at radius 2 is 1.87 bits per heavy atom. The van der Waals surface area contributed by atoms with Gasteiger partial charge in [-0.05, 0) is 48.2 Å². The second-order valence-corrected chi connectivity index (χ2v) is 9.00. The van der Waals surface area contributed by atoms with E-state index in [0.717, 1.165) is 16.9 Å². The largest absolute Gasteiger partial charge is 0.508 e. The topological polar surface area (TPSA) is 99.7 Å². The standard InChI is InChI=1S/C23H29N3O4S/c1-15-13-25-23(29)26-22(15)31-20(12-7-16-3-8-18(27)9-4-16)21(28)24-14-17-5-10-19(30-2)11-6-17/h3-6,8-11,15,20,22,27H,7,12-14H2,1-2H3,(H,24,28)(H2,25,26,29)/t15?,20-,22?/m0/s1.